The number of hydrogen-bond donors (Lipinski definition) is 1. The molecule has 0 fully saturated rings. The molecule has 1 amide bonds. The van der Waals surface area contributed by atoms with E-state index in [0.29, 0.717) is 6.54 Å². The van der Waals surface area contributed by atoms with Crippen molar-refractivity contribution in [2.45, 2.75) is 26.4 Å². The van der Waals surface area contributed by atoms with E-state index >= 15 is 0 Å². The summed E-state index contributed by atoms with van der Waals surface area (Å²) in [5.74, 6) is 0.922. The van der Waals surface area contributed by atoms with Crippen LogP contribution in [0.1, 0.15) is 19.4 Å². The maximum Gasteiger partial charge on any atom is 0.234 e. The van der Waals surface area contributed by atoms with Gasteiger partial charge in [0.15, 0.2) is 0 Å². The Hall–Kier alpha value is -2.07. The fourth-order valence-corrected chi connectivity index (χ4v) is 2.48. The number of methoxy groups -OCH3 is 1. The quantitative estimate of drug-likeness (QED) is 0.892. The first-order valence-electron chi connectivity index (χ1n) is 7.52. The van der Waals surface area contributed by atoms with Crippen LogP contribution in [0.4, 0.5) is 0 Å². The van der Waals surface area contributed by atoms with Gasteiger partial charge in [-0.25, -0.2) is 0 Å². The van der Waals surface area contributed by atoms with Crippen molar-refractivity contribution >= 4 is 16.7 Å². The van der Waals surface area contributed by atoms with E-state index < -0.39 is 0 Å². The first kappa shape index (κ1) is 16.3. The zero-order valence-electron chi connectivity index (χ0n) is 13.7. The number of nitrogens with one attached hydrogen (secondary N) is 1. The van der Waals surface area contributed by atoms with Crippen molar-refractivity contribution in [1.29, 1.82) is 0 Å². The monoisotopic (exact) mass is 300 g/mol. The Morgan fingerprint density at radius 2 is 1.86 bits per heavy atom. The number of rotatable bonds is 6. The summed E-state index contributed by atoms with van der Waals surface area (Å²) in [7, 11) is 3.63. The molecule has 118 valence electrons. The lowest BCUT2D eigenvalue weighted by molar-refractivity contribution is -0.122. The Morgan fingerprint density at radius 1 is 1.18 bits per heavy atom. The Morgan fingerprint density at radius 3 is 2.55 bits per heavy atom. The molecule has 0 aliphatic heterocycles. The van der Waals surface area contributed by atoms with E-state index in [1.165, 1.54) is 10.9 Å². The highest BCUT2D eigenvalue weighted by Gasteiger charge is 2.08. The summed E-state index contributed by atoms with van der Waals surface area (Å²) in [6, 6.07) is 12.6. The van der Waals surface area contributed by atoms with Gasteiger partial charge in [0.25, 0.3) is 0 Å². The van der Waals surface area contributed by atoms with Crippen LogP contribution in [0.3, 0.4) is 0 Å². The summed E-state index contributed by atoms with van der Waals surface area (Å²) in [6.07, 6.45) is 0. The zero-order chi connectivity index (χ0) is 16.1. The molecule has 22 heavy (non-hydrogen) atoms. The summed E-state index contributed by atoms with van der Waals surface area (Å²) in [4.78, 5) is 13.8. The number of likely N-dealkylation sites (N-methyl/N-ethyl adjacent to an activating group) is 1. The van der Waals surface area contributed by atoms with Gasteiger partial charge in [-0.3, -0.25) is 9.69 Å². The molecule has 0 aliphatic carbocycles. The summed E-state index contributed by atoms with van der Waals surface area (Å²) in [6.45, 7) is 5.08. The molecule has 0 heterocycles. The predicted octanol–water partition coefficient (Wildman–Crippen LogP) is 2.80. The van der Waals surface area contributed by atoms with Gasteiger partial charge in [0.05, 0.1) is 13.7 Å². The van der Waals surface area contributed by atoms with Gasteiger partial charge in [-0.2, -0.15) is 0 Å². The van der Waals surface area contributed by atoms with Crippen LogP contribution in [-0.4, -0.2) is 37.6 Å². The number of amides is 1. The topological polar surface area (TPSA) is 41.6 Å². The van der Waals surface area contributed by atoms with Crippen molar-refractivity contribution in [2.24, 2.45) is 0 Å². The minimum atomic E-state index is 0.0584. The Kier molecular flexibility index (Phi) is 5.39. The van der Waals surface area contributed by atoms with Crippen molar-refractivity contribution in [3.63, 3.8) is 0 Å². The fraction of sp³-hybridized carbons (Fsp3) is 0.389. The van der Waals surface area contributed by atoms with E-state index in [9.17, 15) is 4.79 Å². The van der Waals surface area contributed by atoms with E-state index in [-0.39, 0.29) is 11.9 Å². The highest BCUT2D eigenvalue weighted by molar-refractivity contribution is 5.84. The molecule has 0 bridgehead atoms. The zero-order valence-corrected chi connectivity index (χ0v) is 13.7. The first-order valence-corrected chi connectivity index (χ1v) is 7.52. The first-order chi connectivity index (χ1) is 10.5. The highest BCUT2D eigenvalue weighted by atomic mass is 16.5. The van der Waals surface area contributed by atoms with Crippen LogP contribution in [0.2, 0.25) is 0 Å². The number of benzene rings is 2. The standard InChI is InChI=1S/C18H24N2O2/c1-13(2)19-18(21)12-20(3)11-14-5-6-16-10-17(22-4)8-7-15(16)9-14/h5-10,13H,11-12H2,1-4H3,(H,19,21). The molecule has 4 nitrogen and oxygen atoms in total. The third-order valence-corrected chi connectivity index (χ3v) is 3.43. The predicted molar refractivity (Wildman–Crippen MR) is 90.1 cm³/mol. The summed E-state index contributed by atoms with van der Waals surface area (Å²) >= 11 is 0. The molecule has 0 radical (unpaired) electrons. The molecule has 0 unspecified atom stereocenters. The number of ether oxygens (including phenoxy) is 1. The Labute approximate surface area is 132 Å². The van der Waals surface area contributed by atoms with Gasteiger partial charge in [0, 0.05) is 12.6 Å². The minimum absolute atomic E-state index is 0.0584. The van der Waals surface area contributed by atoms with Crippen LogP contribution in [0.5, 0.6) is 5.75 Å². The molecule has 0 saturated heterocycles. The summed E-state index contributed by atoms with van der Waals surface area (Å²) in [5.41, 5.74) is 1.19. The fourth-order valence-electron chi connectivity index (χ4n) is 2.48. The lowest BCUT2D eigenvalue weighted by Crippen LogP contribution is -2.38. The van der Waals surface area contributed by atoms with Gasteiger partial charge < -0.3 is 10.1 Å². The van der Waals surface area contributed by atoms with Crippen LogP contribution in [0.25, 0.3) is 10.8 Å². The number of carbonyl (C=O) groups excluding carboxylic acids is 1. The Bertz CT molecular complexity index is 653. The SMILES string of the molecule is COc1ccc2cc(CN(C)CC(=O)NC(C)C)ccc2c1. The van der Waals surface area contributed by atoms with Gasteiger partial charge in [-0.05, 0) is 55.4 Å². The molecule has 2 rings (SSSR count). The van der Waals surface area contributed by atoms with E-state index in [1.807, 2.05) is 37.9 Å². The van der Waals surface area contributed by atoms with E-state index in [1.54, 1.807) is 7.11 Å². The molecule has 2 aromatic carbocycles. The second-order valence-electron chi connectivity index (χ2n) is 5.94. The largest absolute Gasteiger partial charge is 0.497 e. The van der Waals surface area contributed by atoms with Crippen LogP contribution in [-0.2, 0) is 11.3 Å². The Balaban J connectivity index is 2.03. The number of carbonyl (C=O) groups is 1. The molecule has 0 saturated carbocycles. The number of fused-ring (bicyclic) bond motifs is 1. The molecule has 0 aliphatic rings. The molecular formula is C18H24N2O2. The van der Waals surface area contributed by atoms with Gasteiger partial charge in [-0.1, -0.05) is 18.2 Å². The van der Waals surface area contributed by atoms with Crippen LogP contribution in [0, 0.1) is 0 Å². The van der Waals surface area contributed by atoms with Crippen molar-refractivity contribution < 1.29 is 9.53 Å². The molecule has 2 aromatic rings. The molecule has 4 heteroatoms. The second-order valence-corrected chi connectivity index (χ2v) is 5.94. The minimum Gasteiger partial charge on any atom is -0.497 e. The maximum atomic E-state index is 11.8. The van der Waals surface area contributed by atoms with E-state index in [2.05, 4.69) is 29.6 Å². The maximum absolute atomic E-state index is 11.8. The average Bonchev–Trinajstić information content (AvgIpc) is 2.45. The van der Waals surface area contributed by atoms with Crippen molar-refractivity contribution in [1.82, 2.24) is 10.2 Å². The second kappa shape index (κ2) is 7.27. The molecule has 1 N–H and O–H groups in total. The summed E-state index contributed by atoms with van der Waals surface area (Å²) in [5, 5.41) is 5.24. The molecule has 0 spiro atoms. The highest BCUT2D eigenvalue weighted by Crippen LogP contribution is 2.22. The number of nitrogens with zero attached hydrogens (tertiary/aromatic N) is 1. The smallest absolute Gasteiger partial charge is 0.234 e. The molecule has 0 atom stereocenters. The van der Waals surface area contributed by atoms with Gasteiger partial charge in [0.1, 0.15) is 5.75 Å². The lowest BCUT2D eigenvalue weighted by Gasteiger charge is -2.18. The van der Waals surface area contributed by atoms with Crippen molar-refractivity contribution in [3.8, 4) is 5.75 Å². The third kappa shape index (κ3) is 4.46. The van der Waals surface area contributed by atoms with Crippen LogP contribution in [0.15, 0.2) is 36.4 Å². The average molecular weight is 300 g/mol. The van der Waals surface area contributed by atoms with Gasteiger partial charge >= 0.3 is 0 Å². The molecular weight excluding hydrogens is 276 g/mol. The summed E-state index contributed by atoms with van der Waals surface area (Å²) < 4.78 is 5.24. The normalized spacial score (nSPS) is 11.2. The van der Waals surface area contributed by atoms with Gasteiger partial charge in [-0.15, -0.1) is 0 Å². The number of hydrogen-bond acceptors (Lipinski definition) is 3. The van der Waals surface area contributed by atoms with Crippen LogP contribution < -0.4 is 10.1 Å². The van der Waals surface area contributed by atoms with Crippen molar-refractivity contribution in [2.75, 3.05) is 20.7 Å². The molecule has 0 aromatic heterocycles. The van der Waals surface area contributed by atoms with Crippen LogP contribution >= 0.6 is 0 Å². The van der Waals surface area contributed by atoms with Gasteiger partial charge in [0.2, 0.25) is 5.91 Å². The third-order valence-electron chi connectivity index (χ3n) is 3.43. The van der Waals surface area contributed by atoms with E-state index in [0.717, 1.165) is 17.7 Å². The lowest BCUT2D eigenvalue weighted by atomic mass is 10.1. The van der Waals surface area contributed by atoms with E-state index in [4.69, 9.17) is 4.74 Å². The van der Waals surface area contributed by atoms with Crippen molar-refractivity contribution in [3.05, 3.63) is 42.0 Å².